The molecule has 3 rings (SSSR count). The summed E-state index contributed by atoms with van der Waals surface area (Å²) in [6.45, 7) is 6.77. The van der Waals surface area contributed by atoms with Crippen LogP contribution >= 0.6 is 0 Å². The fraction of sp³-hybridized carbons (Fsp3) is 0.474. The van der Waals surface area contributed by atoms with E-state index in [-0.39, 0.29) is 18.0 Å². The molecule has 2 heterocycles. The van der Waals surface area contributed by atoms with Gasteiger partial charge in [-0.15, -0.1) is 0 Å². The Hall–Kier alpha value is -2.14. The van der Waals surface area contributed by atoms with E-state index >= 15 is 0 Å². The number of aromatic nitrogens is 2. The fourth-order valence-corrected chi connectivity index (χ4v) is 3.57. The second-order valence-corrected chi connectivity index (χ2v) is 6.76. The molecule has 0 aliphatic carbocycles. The van der Waals surface area contributed by atoms with Gasteiger partial charge in [0.25, 0.3) is 5.91 Å². The minimum Gasteiger partial charge on any atom is -0.334 e. The topological polar surface area (TPSA) is 64.2 Å². The van der Waals surface area contributed by atoms with Crippen LogP contribution in [0.25, 0.3) is 5.69 Å². The van der Waals surface area contributed by atoms with Gasteiger partial charge in [0.05, 0.1) is 23.1 Å². The maximum Gasteiger partial charge on any atom is 0.257 e. The van der Waals surface area contributed by atoms with Crippen LogP contribution in [0.1, 0.15) is 47.8 Å². The number of piperidine rings is 1. The van der Waals surface area contributed by atoms with Crippen molar-refractivity contribution in [1.82, 2.24) is 14.7 Å². The second-order valence-electron chi connectivity index (χ2n) is 6.76. The maximum atomic E-state index is 13.1. The van der Waals surface area contributed by atoms with Crippen molar-refractivity contribution in [2.24, 2.45) is 5.73 Å². The average Bonchev–Trinajstić information content (AvgIpc) is 2.96. The Morgan fingerprint density at radius 1 is 1.29 bits per heavy atom. The lowest BCUT2D eigenvalue weighted by Gasteiger charge is -2.38. The summed E-state index contributed by atoms with van der Waals surface area (Å²) in [6, 6.07) is 8.17. The van der Waals surface area contributed by atoms with E-state index in [0.717, 1.165) is 42.8 Å². The van der Waals surface area contributed by atoms with E-state index < -0.39 is 0 Å². The van der Waals surface area contributed by atoms with Crippen LogP contribution in [0.5, 0.6) is 0 Å². The van der Waals surface area contributed by atoms with Gasteiger partial charge < -0.3 is 10.6 Å². The van der Waals surface area contributed by atoms with Crippen LogP contribution in [0.15, 0.2) is 30.5 Å². The molecule has 128 valence electrons. The quantitative estimate of drug-likeness (QED) is 0.943. The first kappa shape index (κ1) is 16.7. The smallest absolute Gasteiger partial charge is 0.257 e. The number of hydrogen-bond donors (Lipinski definition) is 1. The number of benzene rings is 1. The Morgan fingerprint density at radius 3 is 2.75 bits per heavy atom. The fourth-order valence-electron chi connectivity index (χ4n) is 3.57. The maximum absolute atomic E-state index is 13.1. The predicted molar refractivity (Wildman–Crippen MR) is 95.4 cm³/mol. The molecule has 24 heavy (non-hydrogen) atoms. The van der Waals surface area contributed by atoms with E-state index in [1.807, 2.05) is 41.6 Å². The van der Waals surface area contributed by atoms with Crippen molar-refractivity contribution in [1.29, 1.82) is 0 Å². The van der Waals surface area contributed by atoms with Gasteiger partial charge in [-0.05, 0) is 51.7 Å². The van der Waals surface area contributed by atoms with Gasteiger partial charge in [0.15, 0.2) is 0 Å². The largest absolute Gasteiger partial charge is 0.334 e. The molecule has 1 aliphatic rings. The molecule has 0 saturated carbocycles. The Morgan fingerprint density at radius 2 is 2.04 bits per heavy atom. The second kappa shape index (κ2) is 6.77. The molecule has 2 atom stereocenters. The monoisotopic (exact) mass is 326 g/mol. The highest BCUT2D eigenvalue weighted by atomic mass is 16.2. The zero-order valence-corrected chi connectivity index (χ0v) is 14.7. The Balaban J connectivity index is 1.93. The molecule has 1 aromatic carbocycles. The number of amides is 1. The number of rotatable bonds is 3. The number of nitrogens with zero attached hydrogens (tertiary/aromatic N) is 3. The van der Waals surface area contributed by atoms with Crippen LogP contribution in [0.4, 0.5) is 0 Å². The van der Waals surface area contributed by atoms with Crippen LogP contribution in [-0.4, -0.2) is 39.2 Å². The first-order valence-corrected chi connectivity index (χ1v) is 8.68. The van der Waals surface area contributed by atoms with Crippen LogP contribution in [0.2, 0.25) is 0 Å². The lowest BCUT2D eigenvalue weighted by molar-refractivity contribution is 0.0583. The predicted octanol–water partition coefficient (Wildman–Crippen LogP) is 2.83. The van der Waals surface area contributed by atoms with Gasteiger partial charge in [-0.1, -0.05) is 18.2 Å². The number of hydrogen-bond acceptors (Lipinski definition) is 3. The molecule has 5 heteroatoms. The molecular formula is C19H26N4O. The zero-order chi connectivity index (χ0) is 17.3. The third kappa shape index (κ3) is 2.96. The third-order valence-electron chi connectivity index (χ3n) is 5.00. The Labute approximate surface area is 143 Å². The van der Waals surface area contributed by atoms with Gasteiger partial charge >= 0.3 is 0 Å². The summed E-state index contributed by atoms with van der Waals surface area (Å²) < 4.78 is 1.85. The summed E-state index contributed by atoms with van der Waals surface area (Å²) in [5.41, 5.74) is 9.81. The lowest BCUT2D eigenvalue weighted by Crippen LogP contribution is -2.51. The van der Waals surface area contributed by atoms with Gasteiger partial charge in [-0.3, -0.25) is 4.79 Å². The third-order valence-corrected chi connectivity index (χ3v) is 5.00. The van der Waals surface area contributed by atoms with E-state index in [2.05, 4.69) is 18.1 Å². The van der Waals surface area contributed by atoms with Gasteiger partial charge in [0.2, 0.25) is 0 Å². The number of para-hydroxylation sites is 1. The summed E-state index contributed by atoms with van der Waals surface area (Å²) in [5.74, 6) is 0.0503. The van der Waals surface area contributed by atoms with Crippen LogP contribution < -0.4 is 5.73 Å². The minimum atomic E-state index is -0.0130. The van der Waals surface area contributed by atoms with Gasteiger partial charge in [0.1, 0.15) is 0 Å². The highest BCUT2D eigenvalue weighted by Crippen LogP contribution is 2.24. The normalized spacial score (nSPS) is 19.3. The summed E-state index contributed by atoms with van der Waals surface area (Å²) in [4.78, 5) is 15.0. The number of carbonyl (C=O) groups excluding carboxylic acids is 1. The van der Waals surface area contributed by atoms with Gasteiger partial charge in [-0.2, -0.15) is 5.10 Å². The van der Waals surface area contributed by atoms with Crippen LogP contribution in [-0.2, 0) is 0 Å². The van der Waals surface area contributed by atoms with Crippen molar-refractivity contribution >= 4 is 5.91 Å². The standard InChI is InChI=1S/C19H26N4O/c1-13-8-4-5-9-17(13)23-15(3)16(12-21-23)19(24)22-11-7-6-10-18(22)14(2)20/h4-5,8-9,12,14,18H,6-7,10-11,20H2,1-3H3. The highest BCUT2D eigenvalue weighted by Gasteiger charge is 2.31. The molecule has 0 radical (unpaired) electrons. The molecule has 5 nitrogen and oxygen atoms in total. The highest BCUT2D eigenvalue weighted by molar-refractivity contribution is 5.95. The minimum absolute atomic E-state index is 0.0130. The Kier molecular flexibility index (Phi) is 4.71. The molecule has 2 N–H and O–H groups in total. The molecular weight excluding hydrogens is 300 g/mol. The SMILES string of the molecule is Cc1ccccc1-n1ncc(C(=O)N2CCCCC2C(C)N)c1C. The number of likely N-dealkylation sites (tertiary alicyclic amines) is 1. The molecule has 1 aromatic heterocycles. The van der Waals surface area contributed by atoms with Crippen molar-refractivity contribution in [3.63, 3.8) is 0 Å². The molecule has 1 fully saturated rings. The molecule has 1 amide bonds. The number of carbonyl (C=O) groups is 1. The molecule has 0 spiro atoms. The van der Waals surface area contributed by atoms with Crippen molar-refractivity contribution in [2.75, 3.05) is 6.54 Å². The summed E-state index contributed by atoms with van der Waals surface area (Å²) in [5, 5.41) is 4.47. The van der Waals surface area contributed by atoms with Crippen molar-refractivity contribution in [3.8, 4) is 5.69 Å². The van der Waals surface area contributed by atoms with E-state index in [9.17, 15) is 4.79 Å². The molecule has 2 aromatic rings. The van der Waals surface area contributed by atoms with Crippen molar-refractivity contribution < 1.29 is 4.79 Å². The first-order valence-electron chi connectivity index (χ1n) is 8.68. The molecule has 1 saturated heterocycles. The molecule has 2 unspecified atom stereocenters. The van der Waals surface area contributed by atoms with E-state index in [4.69, 9.17) is 5.73 Å². The number of aryl methyl sites for hydroxylation is 1. The van der Waals surface area contributed by atoms with E-state index in [1.165, 1.54) is 0 Å². The van der Waals surface area contributed by atoms with Crippen LogP contribution in [0, 0.1) is 13.8 Å². The van der Waals surface area contributed by atoms with Gasteiger partial charge in [-0.25, -0.2) is 4.68 Å². The van der Waals surface area contributed by atoms with Gasteiger partial charge in [0, 0.05) is 18.6 Å². The Bertz CT molecular complexity index is 735. The molecule has 1 aliphatic heterocycles. The van der Waals surface area contributed by atoms with E-state index in [0.29, 0.717) is 5.56 Å². The summed E-state index contributed by atoms with van der Waals surface area (Å²) >= 11 is 0. The lowest BCUT2D eigenvalue weighted by atomic mass is 9.96. The average molecular weight is 326 g/mol. The summed E-state index contributed by atoms with van der Waals surface area (Å²) in [6.07, 6.45) is 4.85. The first-order chi connectivity index (χ1) is 11.5. The van der Waals surface area contributed by atoms with Crippen molar-refractivity contribution in [3.05, 3.63) is 47.3 Å². The zero-order valence-electron chi connectivity index (χ0n) is 14.7. The molecule has 0 bridgehead atoms. The summed E-state index contributed by atoms with van der Waals surface area (Å²) in [7, 11) is 0. The van der Waals surface area contributed by atoms with Crippen molar-refractivity contribution in [2.45, 2.75) is 52.1 Å². The van der Waals surface area contributed by atoms with Crippen LogP contribution in [0.3, 0.4) is 0 Å². The number of nitrogens with two attached hydrogens (primary N) is 1. The van der Waals surface area contributed by atoms with E-state index in [1.54, 1.807) is 6.20 Å².